The van der Waals surface area contributed by atoms with Gasteiger partial charge in [0, 0.05) is 0 Å². The van der Waals surface area contributed by atoms with Crippen LogP contribution in [0.5, 0.6) is 0 Å². The Morgan fingerprint density at radius 1 is 0.867 bits per heavy atom. The summed E-state index contributed by atoms with van der Waals surface area (Å²) in [5.74, 6) is -5.45. The number of nitrogens with one attached hydrogen (secondary N) is 3. The first-order chi connectivity index (χ1) is 13.9. The van der Waals surface area contributed by atoms with Gasteiger partial charge in [0.25, 0.3) is 0 Å². The Hall–Kier alpha value is -2.77. The summed E-state index contributed by atoms with van der Waals surface area (Å²) in [6, 6.07) is -5.36. The van der Waals surface area contributed by atoms with E-state index in [0.717, 1.165) is 0 Å². The van der Waals surface area contributed by atoms with Gasteiger partial charge in [0.1, 0.15) is 12.1 Å². The van der Waals surface area contributed by atoms with Crippen LogP contribution in [0.4, 0.5) is 0 Å². The fourth-order valence-corrected chi connectivity index (χ4v) is 2.36. The number of hydrogen-bond acceptors (Lipinski definition) is 8. The molecule has 0 aromatic rings. The topological polar surface area (TPSA) is 234 Å². The second-order valence-electron chi connectivity index (χ2n) is 6.86. The van der Waals surface area contributed by atoms with Gasteiger partial charge in [-0.15, -0.1) is 0 Å². The maximum atomic E-state index is 12.5. The van der Waals surface area contributed by atoms with Gasteiger partial charge in [-0.25, -0.2) is 4.79 Å². The molecule has 30 heavy (non-hydrogen) atoms. The summed E-state index contributed by atoms with van der Waals surface area (Å²) < 4.78 is 0. The highest BCUT2D eigenvalue weighted by Gasteiger charge is 2.32. The average molecular weight is 433 g/mol. The highest BCUT2D eigenvalue weighted by atomic mass is 16.4. The molecule has 0 radical (unpaired) electrons. The number of carboxylic acid groups (broad SMARTS) is 2. The average Bonchev–Trinajstić information content (AvgIpc) is 2.63. The van der Waals surface area contributed by atoms with Gasteiger partial charge in [-0.05, 0) is 39.7 Å². The molecule has 0 aliphatic heterocycles. The minimum absolute atomic E-state index is 0.0714. The zero-order valence-electron chi connectivity index (χ0n) is 17.0. The third kappa shape index (κ3) is 10.1. The molecule has 3 amide bonds. The van der Waals surface area contributed by atoms with E-state index in [1.807, 2.05) is 0 Å². The number of aliphatic carboxylic acids is 2. The number of amides is 3. The number of aliphatic hydroxyl groups is 1. The van der Waals surface area contributed by atoms with E-state index in [4.69, 9.17) is 21.7 Å². The predicted octanol–water partition coefficient (Wildman–Crippen LogP) is -3.14. The van der Waals surface area contributed by atoms with Crippen molar-refractivity contribution in [3.8, 4) is 0 Å². The highest BCUT2D eigenvalue weighted by Crippen LogP contribution is 2.05. The van der Waals surface area contributed by atoms with E-state index in [1.54, 1.807) is 0 Å². The largest absolute Gasteiger partial charge is 0.481 e. The second kappa shape index (κ2) is 13.5. The normalized spacial score (nSPS) is 15.8. The molecule has 0 saturated carbocycles. The van der Waals surface area contributed by atoms with Gasteiger partial charge in [-0.1, -0.05) is 0 Å². The van der Waals surface area contributed by atoms with Gasteiger partial charge in [-0.2, -0.15) is 0 Å². The van der Waals surface area contributed by atoms with E-state index in [1.165, 1.54) is 13.8 Å². The number of hydrogen-bond donors (Lipinski definition) is 8. The van der Waals surface area contributed by atoms with Crippen molar-refractivity contribution < 1.29 is 39.3 Å². The number of carbonyl (C=O) groups excluding carboxylic acids is 3. The number of rotatable bonds is 14. The Bertz CT molecular complexity index is 625. The first-order valence-electron chi connectivity index (χ1n) is 9.40. The molecule has 10 N–H and O–H groups in total. The molecule has 5 unspecified atom stereocenters. The summed E-state index contributed by atoms with van der Waals surface area (Å²) in [5.41, 5.74) is 10.8. The van der Waals surface area contributed by atoms with Crippen LogP contribution in [0.25, 0.3) is 0 Å². The van der Waals surface area contributed by atoms with Crippen LogP contribution in [0.1, 0.15) is 39.5 Å². The van der Waals surface area contributed by atoms with Crippen molar-refractivity contribution in [1.82, 2.24) is 16.0 Å². The lowest BCUT2D eigenvalue weighted by atomic mass is 10.1. The first-order valence-corrected chi connectivity index (χ1v) is 9.40. The molecule has 0 aliphatic rings. The summed E-state index contributed by atoms with van der Waals surface area (Å²) in [5, 5.41) is 34.3. The highest BCUT2D eigenvalue weighted by molar-refractivity contribution is 5.95. The predicted molar refractivity (Wildman–Crippen MR) is 104 cm³/mol. The van der Waals surface area contributed by atoms with Crippen LogP contribution in [0.15, 0.2) is 0 Å². The molecule has 0 aliphatic carbocycles. The van der Waals surface area contributed by atoms with Crippen molar-refractivity contribution >= 4 is 29.7 Å². The van der Waals surface area contributed by atoms with Crippen LogP contribution in [-0.2, 0) is 24.0 Å². The number of carbonyl (C=O) groups is 5. The minimum atomic E-state index is -1.61. The minimum Gasteiger partial charge on any atom is -0.481 e. The number of carboxylic acids is 2. The smallest absolute Gasteiger partial charge is 0.328 e. The van der Waals surface area contributed by atoms with Gasteiger partial charge in [0.2, 0.25) is 17.7 Å². The van der Waals surface area contributed by atoms with E-state index in [0.29, 0.717) is 19.4 Å². The molecule has 0 aromatic heterocycles. The molecule has 13 heteroatoms. The molecule has 0 spiro atoms. The Kier molecular flexibility index (Phi) is 12.2. The summed E-state index contributed by atoms with van der Waals surface area (Å²) in [6.45, 7) is 2.84. The summed E-state index contributed by atoms with van der Waals surface area (Å²) in [7, 11) is 0. The molecule has 0 bridgehead atoms. The number of nitrogens with two attached hydrogens (primary N) is 2. The quantitative estimate of drug-likeness (QED) is 0.128. The third-order valence-corrected chi connectivity index (χ3v) is 4.05. The first kappa shape index (κ1) is 27.2. The van der Waals surface area contributed by atoms with E-state index in [-0.39, 0.29) is 6.42 Å². The molecule has 0 aromatic carbocycles. The van der Waals surface area contributed by atoms with Gasteiger partial charge in [-0.3, -0.25) is 19.2 Å². The summed E-state index contributed by atoms with van der Waals surface area (Å²) in [4.78, 5) is 59.1. The van der Waals surface area contributed by atoms with Crippen molar-refractivity contribution in [2.24, 2.45) is 11.5 Å². The SMILES string of the molecule is CC(N)C(=O)NC(CC(=O)O)C(=O)NC(CCCCN)C(=O)NC(C(=O)O)C(C)O. The molecule has 172 valence electrons. The van der Waals surface area contributed by atoms with Gasteiger partial charge in [0.15, 0.2) is 6.04 Å². The van der Waals surface area contributed by atoms with Crippen molar-refractivity contribution in [3.05, 3.63) is 0 Å². The van der Waals surface area contributed by atoms with Crippen LogP contribution >= 0.6 is 0 Å². The zero-order chi connectivity index (χ0) is 23.4. The van der Waals surface area contributed by atoms with E-state index in [2.05, 4.69) is 16.0 Å². The summed E-state index contributed by atoms with van der Waals surface area (Å²) >= 11 is 0. The van der Waals surface area contributed by atoms with Crippen LogP contribution in [0, 0.1) is 0 Å². The van der Waals surface area contributed by atoms with Gasteiger partial charge < -0.3 is 42.7 Å². The van der Waals surface area contributed by atoms with E-state index in [9.17, 15) is 29.1 Å². The number of unbranched alkanes of at least 4 members (excludes halogenated alkanes) is 1. The van der Waals surface area contributed by atoms with E-state index < -0.39 is 66.4 Å². The standard InChI is InChI=1S/C17H31N5O8/c1-8(19)14(26)21-11(7-12(24)25)16(28)20-10(5-3-4-6-18)15(27)22-13(9(2)23)17(29)30/h8-11,13,23H,3-7,18-19H2,1-2H3,(H,20,28)(H,21,26)(H,22,27)(H,24,25)(H,29,30). The molecule has 13 nitrogen and oxygen atoms in total. The molecule has 0 fully saturated rings. The van der Waals surface area contributed by atoms with Crippen LogP contribution < -0.4 is 27.4 Å². The monoisotopic (exact) mass is 433 g/mol. The Labute approximate surface area is 173 Å². The Morgan fingerprint density at radius 3 is 1.83 bits per heavy atom. The zero-order valence-corrected chi connectivity index (χ0v) is 17.0. The van der Waals surface area contributed by atoms with Crippen LogP contribution in [0.3, 0.4) is 0 Å². The van der Waals surface area contributed by atoms with Crippen molar-refractivity contribution in [3.63, 3.8) is 0 Å². The van der Waals surface area contributed by atoms with Crippen molar-refractivity contribution in [2.75, 3.05) is 6.54 Å². The molecular formula is C17H31N5O8. The lowest BCUT2D eigenvalue weighted by molar-refractivity contribution is -0.145. The third-order valence-electron chi connectivity index (χ3n) is 4.05. The molecular weight excluding hydrogens is 402 g/mol. The molecule has 5 atom stereocenters. The fourth-order valence-electron chi connectivity index (χ4n) is 2.36. The Balaban J connectivity index is 5.44. The lowest BCUT2D eigenvalue weighted by Gasteiger charge is -2.25. The second-order valence-corrected chi connectivity index (χ2v) is 6.86. The summed E-state index contributed by atoms with van der Waals surface area (Å²) in [6.07, 6.45) is -1.18. The van der Waals surface area contributed by atoms with Gasteiger partial charge in [0.05, 0.1) is 18.6 Å². The maximum Gasteiger partial charge on any atom is 0.328 e. The number of aliphatic hydroxyl groups excluding tert-OH is 1. The Morgan fingerprint density at radius 2 is 1.40 bits per heavy atom. The fraction of sp³-hybridized carbons (Fsp3) is 0.706. The molecule has 0 heterocycles. The van der Waals surface area contributed by atoms with E-state index >= 15 is 0 Å². The maximum absolute atomic E-state index is 12.5. The van der Waals surface area contributed by atoms with Crippen LogP contribution in [0.2, 0.25) is 0 Å². The lowest BCUT2D eigenvalue weighted by Crippen LogP contribution is -2.58. The molecule has 0 rings (SSSR count). The van der Waals surface area contributed by atoms with Crippen molar-refractivity contribution in [2.45, 2.75) is 69.8 Å². The van der Waals surface area contributed by atoms with Crippen LogP contribution in [-0.4, -0.2) is 81.8 Å². The van der Waals surface area contributed by atoms with Crippen molar-refractivity contribution in [1.29, 1.82) is 0 Å². The molecule has 0 saturated heterocycles. The van der Waals surface area contributed by atoms with Gasteiger partial charge >= 0.3 is 11.9 Å².